The molecule has 4 nitrogen and oxygen atoms in total. The molecule has 0 aromatic heterocycles. The predicted molar refractivity (Wildman–Crippen MR) is 126 cm³/mol. The molecule has 0 amide bonds. The molecule has 2 unspecified atom stereocenters. The Morgan fingerprint density at radius 3 is 2.42 bits per heavy atom. The highest BCUT2D eigenvalue weighted by Gasteiger charge is 2.32. The largest absolute Gasteiger partial charge is 0.497 e. The van der Waals surface area contributed by atoms with Crippen molar-refractivity contribution in [3.63, 3.8) is 0 Å². The summed E-state index contributed by atoms with van der Waals surface area (Å²) in [6, 6.07) is 25.4. The van der Waals surface area contributed by atoms with Crippen molar-refractivity contribution < 1.29 is 9.47 Å². The molecule has 0 bridgehead atoms. The fourth-order valence-corrected chi connectivity index (χ4v) is 4.59. The van der Waals surface area contributed by atoms with Crippen LogP contribution in [0.1, 0.15) is 22.6 Å². The van der Waals surface area contributed by atoms with E-state index in [1.165, 1.54) is 11.1 Å². The molecule has 1 aliphatic rings. The van der Waals surface area contributed by atoms with Crippen LogP contribution in [0, 0.1) is 0 Å². The van der Waals surface area contributed by atoms with E-state index in [-0.39, 0.29) is 5.92 Å². The van der Waals surface area contributed by atoms with Crippen LogP contribution in [-0.2, 0) is 6.54 Å². The quantitative estimate of drug-likeness (QED) is 0.567. The number of ether oxygens (including phenoxy) is 2. The maximum Gasteiger partial charge on any atom is 0.127 e. The number of methoxy groups -OCH3 is 2. The Morgan fingerprint density at radius 1 is 0.968 bits per heavy atom. The summed E-state index contributed by atoms with van der Waals surface area (Å²) < 4.78 is 11.0. The zero-order valence-corrected chi connectivity index (χ0v) is 18.8. The second-order valence-electron chi connectivity index (χ2n) is 7.86. The number of halogens is 1. The van der Waals surface area contributed by atoms with E-state index < -0.39 is 0 Å². The highest BCUT2D eigenvalue weighted by atomic mass is 35.5. The number of hydrogen-bond donors (Lipinski definition) is 1. The van der Waals surface area contributed by atoms with Crippen molar-refractivity contribution in [2.75, 3.05) is 33.9 Å². The Labute approximate surface area is 189 Å². The van der Waals surface area contributed by atoms with Crippen molar-refractivity contribution in [1.29, 1.82) is 0 Å². The second-order valence-corrected chi connectivity index (χ2v) is 8.30. The zero-order chi connectivity index (χ0) is 21.6. The van der Waals surface area contributed by atoms with Crippen molar-refractivity contribution in [3.05, 3.63) is 94.5 Å². The Hall–Kier alpha value is -2.53. The maximum absolute atomic E-state index is 6.20. The summed E-state index contributed by atoms with van der Waals surface area (Å²) >= 11 is 6.20. The first-order chi connectivity index (χ1) is 15.2. The van der Waals surface area contributed by atoms with Gasteiger partial charge >= 0.3 is 0 Å². The van der Waals surface area contributed by atoms with E-state index in [1.807, 2.05) is 24.3 Å². The number of nitrogens with one attached hydrogen (secondary N) is 1. The minimum Gasteiger partial charge on any atom is -0.497 e. The molecule has 162 valence electrons. The van der Waals surface area contributed by atoms with Gasteiger partial charge < -0.3 is 14.8 Å². The van der Waals surface area contributed by atoms with Gasteiger partial charge in [0.15, 0.2) is 0 Å². The maximum atomic E-state index is 6.20. The molecule has 1 fully saturated rings. The van der Waals surface area contributed by atoms with Crippen molar-refractivity contribution in [2.45, 2.75) is 18.5 Å². The van der Waals surface area contributed by atoms with Gasteiger partial charge in [0, 0.05) is 54.8 Å². The molecular weight excluding hydrogens is 408 g/mol. The lowest BCUT2D eigenvalue weighted by atomic mass is 9.83. The molecule has 1 saturated heterocycles. The molecule has 3 aromatic carbocycles. The minimum absolute atomic E-state index is 0.232. The van der Waals surface area contributed by atoms with Gasteiger partial charge in [-0.2, -0.15) is 0 Å². The van der Waals surface area contributed by atoms with Crippen LogP contribution in [0.5, 0.6) is 11.5 Å². The highest BCUT2D eigenvalue weighted by Crippen LogP contribution is 2.34. The molecule has 3 aromatic rings. The average Bonchev–Trinajstić information content (AvgIpc) is 2.82. The standard InChI is InChI=1S/C26H29ClN2O2/c1-30-23-13-10-21(25(16-23)31-2)18-29-15-14-28-17-24(29)26(19-6-4-3-5-7-19)20-8-11-22(27)12-9-20/h3-13,16,24,26,28H,14-15,17-18H2,1-2H3. The summed E-state index contributed by atoms with van der Waals surface area (Å²) in [5.41, 5.74) is 3.75. The van der Waals surface area contributed by atoms with E-state index in [9.17, 15) is 0 Å². The molecule has 0 radical (unpaired) electrons. The van der Waals surface area contributed by atoms with Crippen LogP contribution in [0.15, 0.2) is 72.8 Å². The third kappa shape index (κ3) is 5.04. The predicted octanol–water partition coefficient (Wildman–Crippen LogP) is 4.96. The molecule has 1 N–H and O–H groups in total. The van der Waals surface area contributed by atoms with Crippen molar-refractivity contribution >= 4 is 11.6 Å². The zero-order valence-electron chi connectivity index (χ0n) is 18.1. The molecule has 0 saturated carbocycles. The van der Waals surface area contributed by atoms with Crippen LogP contribution in [-0.4, -0.2) is 44.8 Å². The Morgan fingerprint density at radius 2 is 1.71 bits per heavy atom. The lowest BCUT2D eigenvalue weighted by Crippen LogP contribution is -2.53. The first kappa shape index (κ1) is 21.7. The molecule has 4 rings (SSSR count). The highest BCUT2D eigenvalue weighted by molar-refractivity contribution is 6.30. The third-order valence-electron chi connectivity index (χ3n) is 6.04. The molecule has 0 aliphatic carbocycles. The SMILES string of the molecule is COc1ccc(CN2CCNCC2C(c2ccccc2)c2ccc(Cl)cc2)c(OC)c1. The Kier molecular flexibility index (Phi) is 7.13. The van der Waals surface area contributed by atoms with Gasteiger partial charge in [0.25, 0.3) is 0 Å². The summed E-state index contributed by atoms with van der Waals surface area (Å²) in [5.74, 6) is 1.90. The lowest BCUT2D eigenvalue weighted by molar-refractivity contribution is 0.138. The summed E-state index contributed by atoms with van der Waals surface area (Å²) in [6.07, 6.45) is 0. The van der Waals surface area contributed by atoms with E-state index in [4.69, 9.17) is 21.1 Å². The molecule has 0 spiro atoms. The van der Waals surface area contributed by atoms with Crippen LogP contribution < -0.4 is 14.8 Å². The normalized spacial score (nSPS) is 17.8. The Bertz CT molecular complexity index is 978. The van der Waals surface area contributed by atoms with Crippen LogP contribution in [0.3, 0.4) is 0 Å². The van der Waals surface area contributed by atoms with E-state index >= 15 is 0 Å². The number of benzene rings is 3. The second kappa shape index (κ2) is 10.2. The van der Waals surface area contributed by atoms with Crippen LogP contribution >= 0.6 is 11.6 Å². The molecule has 1 heterocycles. The smallest absolute Gasteiger partial charge is 0.127 e. The number of piperazine rings is 1. The summed E-state index contributed by atoms with van der Waals surface area (Å²) in [4.78, 5) is 2.56. The van der Waals surface area contributed by atoms with Crippen molar-refractivity contribution in [1.82, 2.24) is 10.2 Å². The van der Waals surface area contributed by atoms with Crippen LogP contribution in [0.4, 0.5) is 0 Å². The Balaban J connectivity index is 1.69. The van der Waals surface area contributed by atoms with Crippen LogP contribution in [0.25, 0.3) is 0 Å². The molecule has 5 heteroatoms. The first-order valence-corrected chi connectivity index (χ1v) is 11.0. The molecular formula is C26H29ClN2O2. The summed E-state index contributed by atoms with van der Waals surface area (Å²) in [6.45, 7) is 3.67. The van der Waals surface area contributed by atoms with E-state index in [2.05, 4.69) is 58.7 Å². The topological polar surface area (TPSA) is 33.7 Å². The molecule has 1 aliphatic heterocycles. The fraction of sp³-hybridized carbons (Fsp3) is 0.308. The minimum atomic E-state index is 0.232. The van der Waals surface area contributed by atoms with Gasteiger partial charge in [0.1, 0.15) is 11.5 Å². The van der Waals surface area contributed by atoms with Gasteiger partial charge in [0.2, 0.25) is 0 Å². The summed E-state index contributed by atoms with van der Waals surface area (Å²) in [5, 5.41) is 4.37. The van der Waals surface area contributed by atoms with Crippen molar-refractivity contribution in [2.24, 2.45) is 0 Å². The van der Waals surface area contributed by atoms with Gasteiger partial charge in [-0.05, 0) is 29.3 Å². The fourth-order valence-electron chi connectivity index (χ4n) is 4.46. The van der Waals surface area contributed by atoms with E-state index in [1.54, 1.807) is 14.2 Å². The number of hydrogen-bond acceptors (Lipinski definition) is 4. The van der Waals surface area contributed by atoms with Gasteiger partial charge in [-0.3, -0.25) is 4.90 Å². The van der Waals surface area contributed by atoms with Crippen LogP contribution in [0.2, 0.25) is 5.02 Å². The van der Waals surface area contributed by atoms with Crippen molar-refractivity contribution in [3.8, 4) is 11.5 Å². The van der Waals surface area contributed by atoms with E-state index in [0.29, 0.717) is 6.04 Å². The van der Waals surface area contributed by atoms with Gasteiger partial charge in [-0.15, -0.1) is 0 Å². The third-order valence-corrected chi connectivity index (χ3v) is 6.29. The lowest BCUT2D eigenvalue weighted by Gasteiger charge is -2.41. The molecule has 2 atom stereocenters. The molecule has 31 heavy (non-hydrogen) atoms. The van der Waals surface area contributed by atoms with Gasteiger partial charge in [0.05, 0.1) is 14.2 Å². The monoisotopic (exact) mass is 436 g/mol. The number of nitrogens with zero attached hydrogens (tertiary/aromatic N) is 1. The van der Waals surface area contributed by atoms with Gasteiger partial charge in [-0.25, -0.2) is 0 Å². The average molecular weight is 437 g/mol. The summed E-state index contributed by atoms with van der Waals surface area (Å²) in [7, 11) is 3.39. The number of rotatable bonds is 7. The van der Waals surface area contributed by atoms with E-state index in [0.717, 1.165) is 48.3 Å². The van der Waals surface area contributed by atoms with Gasteiger partial charge in [-0.1, -0.05) is 60.1 Å². The first-order valence-electron chi connectivity index (χ1n) is 10.7.